The Labute approximate surface area is 111 Å². The van der Waals surface area contributed by atoms with Crippen LogP contribution in [0.3, 0.4) is 0 Å². The van der Waals surface area contributed by atoms with E-state index in [0.29, 0.717) is 0 Å². The van der Waals surface area contributed by atoms with Gasteiger partial charge in [0, 0.05) is 4.47 Å². The number of hydrogen-bond donors (Lipinski definition) is 2. The van der Waals surface area contributed by atoms with E-state index in [1.807, 2.05) is 4.72 Å². The highest BCUT2D eigenvalue weighted by Gasteiger charge is 2.29. The second kappa shape index (κ2) is 5.45. The third-order valence-corrected chi connectivity index (χ3v) is 3.79. The zero-order valence-corrected chi connectivity index (χ0v) is 11.6. The molecule has 0 heterocycles. The summed E-state index contributed by atoms with van der Waals surface area (Å²) in [5.74, 6) is 0. The molecule has 0 aliphatic heterocycles. The average molecular weight is 347 g/mol. The normalized spacial score (nSPS) is 12.5. The molecule has 0 amide bonds. The van der Waals surface area contributed by atoms with Gasteiger partial charge in [0.15, 0.2) is 0 Å². The number of halogens is 4. The molecule has 0 radical (unpaired) electrons. The van der Waals surface area contributed by atoms with E-state index in [1.165, 1.54) is 16.9 Å². The van der Waals surface area contributed by atoms with Crippen molar-refractivity contribution in [2.45, 2.75) is 13.1 Å². The lowest BCUT2D eigenvalue weighted by Gasteiger charge is -2.11. The van der Waals surface area contributed by atoms with Crippen LogP contribution in [0.1, 0.15) is 5.56 Å². The predicted molar refractivity (Wildman–Crippen MR) is 65.5 cm³/mol. The molecule has 18 heavy (non-hydrogen) atoms. The molecule has 1 aromatic rings. The lowest BCUT2D eigenvalue weighted by atomic mass is 10.2. The van der Waals surface area contributed by atoms with E-state index in [2.05, 4.69) is 15.9 Å². The molecule has 102 valence electrons. The first-order valence-corrected chi connectivity index (χ1v) is 6.97. The fourth-order valence-corrected chi connectivity index (χ4v) is 2.19. The Kier molecular flexibility index (Phi) is 4.62. The fourth-order valence-electron chi connectivity index (χ4n) is 1.08. The number of rotatable bonds is 4. The van der Waals surface area contributed by atoms with Gasteiger partial charge in [0.2, 0.25) is 0 Å². The van der Waals surface area contributed by atoms with Crippen molar-refractivity contribution in [1.82, 2.24) is 4.72 Å². The maximum absolute atomic E-state index is 11.9. The summed E-state index contributed by atoms with van der Waals surface area (Å²) < 4.78 is 62.4. The molecule has 0 saturated carbocycles. The summed E-state index contributed by atoms with van der Waals surface area (Å²) in [6.07, 6.45) is -4.59. The van der Waals surface area contributed by atoms with E-state index < -0.39 is 22.9 Å². The molecule has 0 fully saturated rings. The molecule has 0 spiro atoms. The molecule has 0 unspecified atom stereocenters. The minimum Gasteiger partial charge on any atom is -0.271 e. The molecule has 1 aromatic carbocycles. The van der Waals surface area contributed by atoms with Crippen LogP contribution in [-0.4, -0.2) is 21.1 Å². The van der Waals surface area contributed by atoms with Crippen LogP contribution in [0.4, 0.5) is 18.9 Å². The fraction of sp³-hybridized carbons (Fsp3) is 0.333. The van der Waals surface area contributed by atoms with Crippen molar-refractivity contribution in [3.05, 3.63) is 28.2 Å². The Hall–Kier alpha value is -0.800. The van der Waals surface area contributed by atoms with Crippen molar-refractivity contribution in [3.63, 3.8) is 0 Å². The second-order valence-electron chi connectivity index (χ2n) is 3.51. The third kappa shape index (κ3) is 5.23. The molecule has 0 aliphatic carbocycles. The molecule has 9 heteroatoms. The number of benzene rings is 1. The van der Waals surface area contributed by atoms with E-state index in [1.54, 1.807) is 13.0 Å². The summed E-state index contributed by atoms with van der Waals surface area (Å²) in [4.78, 5) is 0. The van der Waals surface area contributed by atoms with Gasteiger partial charge in [-0.25, -0.2) is 0 Å². The number of aryl methyl sites for hydroxylation is 1. The van der Waals surface area contributed by atoms with Gasteiger partial charge < -0.3 is 0 Å². The molecule has 4 nitrogen and oxygen atoms in total. The summed E-state index contributed by atoms with van der Waals surface area (Å²) in [7, 11) is -4.23. The lowest BCUT2D eigenvalue weighted by molar-refractivity contribution is -0.121. The van der Waals surface area contributed by atoms with Gasteiger partial charge in [-0.15, -0.1) is 0 Å². The third-order valence-electron chi connectivity index (χ3n) is 1.87. The van der Waals surface area contributed by atoms with Crippen molar-refractivity contribution >= 4 is 31.8 Å². The van der Waals surface area contributed by atoms with Gasteiger partial charge >= 0.3 is 6.18 Å². The van der Waals surface area contributed by atoms with E-state index in [9.17, 15) is 21.6 Å². The van der Waals surface area contributed by atoms with Gasteiger partial charge in [-0.3, -0.25) is 4.72 Å². The van der Waals surface area contributed by atoms with Crippen LogP contribution in [0.15, 0.2) is 22.7 Å². The molecular weight excluding hydrogens is 337 g/mol. The Balaban J connectivity index is 2.74. The predicted octanol–water partition coefficient (Wildman–Crippen LogP) is 2.57. The van der Waals surface area contributed by atoms with Gasteiger partial charge in [0.05, 0.1) is 5.69 Å². The molecule has 0 saturated heterocycles. The minimum absolute atomic E-state index is 0.186. The first-order valence-electron chi connectivity index (χ1n) is 4.69. The highest BCUT2D eigenvalue weighted by atomic mass is 79.9. The summed E-state index contributed by atoms with van der Waals surface area (Å²) >= 11 is 3.22. The van der Waals surface area contributed by atoms with E-state index >= 15 is 0 Å². The largest absolute Gasteiger partial charge is 0.402 e. The summed E-state index contributed by atoms with van der Waals surface area (Å²) in [6.45, 7) is 0.114. The molecule has 2 N–H and O–H groups in total. The first kappa shape index (κ1) is 15.3. The van der Waals surface area contributed by atoms with Crippen LogP contribution < -0.4 is 9.44 Å². The molecule has 1 rings (SSSR count). The van der Waals surface area contributed by atoms with Crippen LogP contribution in [-0.2, 0) is 10.2 Å². The molecule has 0 bridgehead atoms. The lowest BCUT2D eigenvalue weighted by Crippen LogP contribution is -2.37. The van der Waals surface area contributed by atoms with Gasteiger partial charge in [-0.2, -0.15) is 26.3 Å². The van der Waals surface area contributed by atoms with Crippen LogP contribution in [0.2, 0.25) is 0 Å². The van der Waals surface area contributed by atoms with Crippen molar-refractivity contribution in [3.8, 4) is 0 Å². The van der Waals surface area contributed by atoms with E-state index in [-0.39, 0.29) is 5.69 Å². The monoisotopic (exact) mass is 346 g/mol. The average Bonchev–Trinajstić information content (AvgIpc) is 2.20. The van der Waals surface area contributed by atoms with Crippen molar-refractivity contribution < 1.29 is 21.6 Å². The van der Waals surface area contributed by atoms with Crippen molar-refractivity contribution in [1.29, 1.82) is 0 Å². The quantitative estimate of drug-likeness (QED) is 0.880. The number of nitrogens with one attached hydrogen (secondary N) is 2. The Morgan fingerprint density at radius 2 is 1.94 bits per heavy atom. The van der Waals surface area contributed by atoms with Gasteiger partial charge in [-0.1, -0.05) is 15.9 Å². The Morgan fingerprint density at radius 1 is 1.33 bits per heavy atom. The van der Waals surface area contributed by atoms with E-state index in [4.69, 9.17) is 0 Å². The Morgan fingerprint density at radius 3 is 2.44 bits per heavy atom. The van der Waals surface area contributed by atoms with E-state index in [0.717, 1.165) is 10.0 Å². The topological polar surface area (TPSA) is 58.2 Å². The van der Waals surface area contributed by atoms with Crippen LogP contribution >= 0.6 is 15.9 Å². The number of hydrogen-bond acceptors (Lipinski definition) is 2. The molecule has 0 atom stereocenters. The van der Waals surface area contributed by atoms with Crippen molar-refractivity contribution in [2.24, 2.45) is 0 Å². The maximum Gasteiger partial charge on any atom is 0.402 e. The number of alkyl halides is 3. The molecule has 0 aliphatic rings. The first-order chi connectivity index (χ1) is 8.09. The Bertz CT molecular complexity index is 531. The summed E-state index contributed by atoms with van der Waals surface area (Å²) in [6, 6.07) is 4.53. The van der Waals surface area contributed by atoms with Crippen LogP contribution in [0.25, 0.3) is 0 Å². The zero-order chi connectivity index (χ0) is 14.0. The molecular formula is C9H10BrF3N2O2S. The molecule has 0 aromatic heterocycles. The number of anilines is 1. The highest BCUT2D eigenvalue weighted by Crippen LogP contribution is 2.20. The SMILES string of the molecule is Cc1cc(NS(=O)(=O)NCC(F)(F)F)ccc1Br. The van der Waals surface area contributed by atoms with Crippen LogP contribution in [0, 0.1) is 6.92 Å². The van der Waals surface area contributed by atoms with Gasteiger partial charge in [0.25, 0.3) is 10.2 Å². The summed E-state index contributed by atoms with van der Waals surface area (Å²) in [5, 5.41) is 0. The standard InChI is InChI=1S/C9H10BrF3N2O2S/c1-6-4-7(2-3-8(6)10)15-18(16,17)14-5-9(11,12)13/h2-4,14-15H,5H2,1H3. The second-order valence-corrected chi connectivity index (χ2v) is 5.86. The highest BCUT2D eigenvalue weighted by molar-refractivity contribution is 9.10. The van der Waals surface area contributed by atoms with Crippen molar-refractivity contribution in [2.75, 3.05) is 11.3 Å². The zero-order valence-electron chi connectivity index (χ0n) is 9.18. The maximum atomic E-state index is 11.9. The van der Waals surface area contributed by atoms with Gasteiger partial charge in [-0.05, 0) is 30.7 Å². The van der Waals surface area contributed by atoms with Gasteiger partial charge in [0.1, 0.15) is 6.54 Å². The minimum atomic E-state index is -4.59. The smallest absolute Gasteiger partial charge is 0.271 e. The summed E-state index contributed by atoms with van der Waals surface area (Å²) in [5.41, 5.74) is 0.941. The van der Waals surface area contributed by atoms with Crippen LogP contribution in [0.5, 0.6) is 0 Å².